The Morgan fingerprint density at radius 1 is 1.38 bits per heavy atom. The van der Waals surface area contributed by atoms with Gasteiger partial charge in [-0.2, -0.15) is 0 Å². The first-order valence-corrected chi connectivity index (χ1v) is 7.98. The third-order valence-electron chi connectivity index (χ3n) is 4.70. The van der Waals surface area contributed by atoms with E-state index in [1.807, 2.05) is 12.1 Å². The van der Waals surface area contributed by atoms with Gasteiger partial charge in [0.1, 0.15) is 10.8 Å². The molecule has 1 aliphatic rings. The van der Waals surface area contributed by atoms with Crippen LogP contribution in [0.1, 0.15) is 50.7 Å². The Hall–Kier alpha value is -1.00. The first-order valence-electron chi connectivity index (χ1n) is 7.57. The Balaban J connectivity index is 2.05. The molecular formula is C17H25FN2S. The lowest BCUT2D eigenvalue weighted by Gasteiger charge is -2.38. The van der Waals surface area contributed by atoms with Crippen molar-refractivity contribution in [2.45, 2.75) is 52.1 Å². The van der Waals surface area contributed by atoms with Gasteiger partial charge in [-0.1, -0.05) is 38.2 Å². The molecule has 0 radical (unpaired) electrons. The zero-order valence-corrected chi connectivity index (χ0v) is 14.0. The van der Waals surface area contributed by atoms with Gasteiger partial charge in [-0.3, -0.25) is 4.90 Å². The molecule has 0 aliphatic heterocycles. The fraction of sp³-hybridized carbons (Fsp3) is 0.588. The molecule has 21 heavy (non-hydrogen) atoms. The van der Waals surface area contributed by atoms with Gasteiger partial charge in [0.05, 0.1) is 0 Å². The van der Waals surface area contributed by atoms with Crippen LogP contribution in [0.2, 0.25) is 0 Å². The van der Waals surface area contributed by atoms with Crippen LogP contribution >= 0.6 is 12.2 Å². The fourth-order valence-corrected chi connectivity index (χ4v) is 3.27. The van der Waals surface area contributed by atoms with Gasteiger partial charge < -0.3 is 5.73 Å². The van der Waals surface area contributed by atoms with E-state index in [-0.39, 0.29) is 10.8 Å². The first-order chi connectivity index (χ1) is 9.80. The summed E-state index contributed by atoms with van der Waals surface area (Å²) >= 11 is 4.90. The Morgan fingerprint density at radius 2 is 2.00 bits per heavy atom. The number of rotatable bonds is 4. The van der Waals surface area contributed by atoms with Crippen molar-refractivity contribution in [1.82, 2.24) is 4.90 Å². The average Bonchev–Trinajstić information content (AvgIpc) is 2.40. The number of hydrogen-bond acceptors (Lipinski definition) is 2. The fourth-order valence-electron chi connectivity index (χ4n) is 3.11. The summed E-state index contributed by atoms with van der Waals surface area (Å²) in [5, 5.41) is 0. The van der Waals surface area contributed by atoms with Gasteiger partial charge in [0.15, 0.2) is 0 Å². The molecule has 0 spiro atoms. The summed E-state index contributed by atoms with van der Waals surface area (Å²) in [6.45, 7) is 5.26. The van der Waals surface area contributed by atoms with Crippen LogP contribution in [0.4, 0.5) is 4.39 Å². The Kier molecular flexibility index (Phi) is 4.99. The monoisotopic (exact) mass is 308 g/mol. The predicted octanol–water partition coefficient (Wildman–Crippen LogP) is 3.86. The summed E-state index contributed by atoms with van der Waals surface area (Å²) in [7, 11) is 2.08. The summed E-state index contributed by atoms with van der Waals surface area (Å²) in [5.74, 6) is -0.270. The van der Waals surface area contributed by atoms with Gasteiger partial charge in [-0.05, 0) is 44.2 Å². The number of hydrogen-bond donors (Lipinski definition) is 1. The molecule has 0 heterocycles. The van der Waals surface area contributed by atoms with E-state index in [2.05, 4.69) is 25.8 Å². The van der Waals surface area contributed by atoms with E-state index in [1.54, 1.807) is 6.07 Å². The summed E-state index contributed by atoms with van der Waals surface area (Å²) in [5.41, 5.74) is 7.04. The van der Waals surface area contributed by atoms with E-state index < -0.39 is 0 Å². The maximum absolute atomic E-state index is 14.4. The van der Waals surface area contributed by atoms with Crippen molar-refractivity contribution in [2.75, 3.05) is 7.05 Å². The van der Waals surface area contributed by atoms with Crippen molar-refractivity contribution >= 4 is 17.2 Å². The molecular weight excluding hydrogens is 283 g/mol. The molecule has 2 nitrogen and oxygen atoms in total. The van der Waals surface area contributed by atoms with Crippen molar-refractivity contribution in [3.05, 3.63) is 35.1 Å². The van der Waals surface area contributed by atoms with Gasteiger partial charge in [0.25, 0.3) is 0 Å². The van der Waals surface area contributed by atoms with Crippen LogP contribution in [-0.4, -0.2) is 23.0 Å². The van der Waals surface area contributed by atoms with Crippen LogP contribution in [0, 0.1) is 11.2 Å². The molecule has 0 amide bonds. The number of thiocarbonyl (C=S) groups is 1. The van der Waals surface area contributed by atoms with Crippen LogP contribution < -0.4 is 5.73 Å². The van der Waals surface area contributed by atoms with E-state index in [0.29, 0.717) is 29.1 Å². The normalized spacial score (nSPS) is 18.9. The van der Waals surface area contributed by atoms with E-state index in [1.165, 1.54) is 25.7 Å². The number of nitrogens with two attached hydrogens (primary N) is 1. The van der Waals surface area contributed by atoms with Crippen molar-refractivity contribution in [3.63, 3.8) is 0 Å². The van der Waals surface area contributed by atoms with Crippen LogP contribution in [0.3, 0.4) is 0 Å². The maximum Gasteiger partial charge on any atom is 0.137 e. The van der Waals surface area contributed by atoms with Crippen LogP contribution in [0.5, 0.6) is 0 Å². The Labute approximate surface area is 132 Å². The van der Waals surface area contributed by atoms with Crippen molar-refractivity contribution < 1.29 is 4.39 Å². The lowest BCUT2D eigenvalue weighted by molar-refractivity contribution is 0.122. The zero-order chi connectivity index (χ0) is 15.6. The Bertz CT molecular complexity index is 518. The molecule has 0 aromatic heterocycles. The second kappa shape index (κ2) is 6.41. The third-order valence-corrected chi connectivity index (χ3v) is 4.92. The molecule has 1 aromatic carbocycles. The summed E-state index contributed by atoms with van der Waals surface area (Å²) in [4.78, 5) is 2.38. The van der Waals surface area contributed by atoms with Crippen molar-refractivity contribution in [1.29, 1.82) is 0 Å². The van der Waals surface area contributed by atoms with Gasteiger partial charge in [0.2, 0.25) is 0 Å². The second-order valence-corrected chi connectivity index (χ2v) is 7.39. The van der Waals surface area contributed by atoms with Gasteiger partial charge in [0, 0.05) is 23.7 Å². The smallest absolute Gasteiger partial charge is 0.137 e. The predicted molar refractivity (Wildman–Crippen MR) is 89.8 cm³/mol. The maximum atomic E-state index is 14.4. The SMILES string of the molecule is CN(Cc1cccc(C(N)=S)c1F)C1CCC(C)(C)CC1. The van der Waals surface area contributed by atoms with Gasteiger partial charge in [-0.25, -0.2) is 4.39 Å². The highest BCUT2D eigenvalue weighted by Gasteiger charge is 2.29. The molecule has 4 heteroatoms. The van der Waals surface area contributed by atoms with E-state index in [4.69, 9.17) is 18.0 Å². The number of nitrogens with zero attached hydrogens (tertiary/aromatic N) is 1. The van der Waals surface area contributed by atoms with E-state index in [0.717, 1.165) is 0 Å². The minimum atomic E-state index is -0.270. The molecule has 0 unspecified atom stereocenters. The third kappa shape index (κ3) is 4.01. The minimum Gasteiger partial charge on any atom is -0.389 e. The second-order valence-electron chi connectivity index (χ2n) is 6.95. The highest BCUT2D eigenvalue weighted by molar-refractivity contribution is 7.80. The lowest BCUT2D eigenvalue weighted by Crippen LogP contribution is -2.37. The van der Waals surface area contributed by atoms with Crippen LogP contribution in [-0.2, 0) is 6.54 Å². The summed E-state index contributed by atoms with van der Waals surface area (Å²) in [6, 6.07) is 5.82. The molecule has 0 atom stereocenters. The van der Waals surface area contributed by atoms with Gasteiger partial charge in [-0.15, -0.1) is 0 Å². The molecule has 0 bridgehead atoms. The molecule has 1 aromatic rings. The Morgan fingerprint density at radius 3 is 2.57 bits per heavy atom. The lowest BCUT2D eigenvalue weighted by atomic mass is 9.75. The van der Waals surface area contributed by atoms with E-state index in [9.17, 15) is 4.39 Å². The van der Waals surface area contributed by atoms with E-state index >= 15 is 0 Å². The highest BCUT2D eigenvalue weighted by atomic mass is 32.1. The van der Waals surface area contributed by atoms with Crippen LogP contribution in [0.25, 0.3) is 0 Å². The van der Waals surface area contributed by atoms with Crippen molar-refractivity contribution in [2.24, 2.45) is 11.1 Å². The largest absolute Gasteiger partial charge is 0.389 e. The average molecular weight is 308 g/mol. The molecule has 116 valence electrons. The highest BCUT2D eigenvalue weighted by Crippen LogP contribution is 2.37. The first kappa shape index (κ1) is 16.4. The molecule has 1 fully saturated rings. The standard InChI is InChI=1S/C17H25FN2S/c1-17(2)9-7-13(8-10-17)20(3)11-12-5-4-6-14(15(12)18)16(19)21/h4-6,13H,7-11H2,1-3H3,(H2,19,21). The summed E-state index contributed by atoms with van der Waals surface area (Å²) < 4.78 is 14.4. The molecule has 1 aliphatic carbocycles. The number of halogens is 1. The number of benzene rings is 1. The quantitative estimate of drug-likeness (QED) is 0.856. The molecule has 2 N–H and O–H groups in total. The minimum absolute atomic E-state index is 0.122. The van der Waals surface area contributed by atoms with Crippen LogP contribution in [0.15, 0.2) is 18.2 Å². The molecule has 2 rings (SSSR count). The van der Waals surface area contributed by atoms with Gasteiger partial charge >= 0.3 is 0 Å². The zero-order valence-electron chi connectivity index (χ0n) is 13.2. The summed E-state index contributed by atoms with van der Waals surface area (Å²) in [6.07, 6.45) is 4.83. The molecule has 1 saturated carbocycles. The molecule has 0 saturated heterocycles. The topological polar surface area (TPSA) is 29.3 Å². The van der Waals surface area contributed by atoms with Crippen molar-refractivity contribution in [3.8, 4) is 0 Å².